The maximum atomic E-state index is 14.1. The molecule has 0 N–H and O–H groups in total. The molecule has 10 nitrogen and oxygen atoms in total. The van der Waals surface area contributed by atoms with E-state index in [4.69, 9.17) is 9.15 Å². The van der Waals surface area contributed by atoms with Crippen molar-refractivity contribution in [2.45, 2.75) is 25.6 Å². The fourth-order valence-electron chi connectivity index (χ4n) is 4.46. The number of rotatable bonds is 5. The fraction of sp³-hybridized carbons (Fsp3) is 0.320. The van der Waals surface area contributed by atoms with E-state index in [-0.39, 0.29) is 23.9 Å². The average molecular weight is 546 g/mol. The number of anilines is 1. The van der Waals surface area contributed by atoms with Gasteiger partial charge in [-0.3, -0.25) is 4.79 Å². The van der Waals surface area contributed by atoms with Crippen LogP contribution in [0.2, 0.25) is 0 Å². The second-order valence-corrected chi connectivity index (χ2v) is 8.96. The van der Waals surface area contributed by atoms with Gasteiger partial charge in [-0.1, -0.05) is 6.07 Å². The first-order chi connectivity index (χ1) is 18.6. The number of alkyl halides is 3. The van der Waals surface area contributed by atoms with E-state index in [9.17, 15) is 27.2 Å². The highest BCUT2D eigenvalue weighted by Gasteiger charge is 2.38. The number of ether oxygens (including phenoxy) is 1. The lowest BCUT2D eigenvalue weighted by Gasteiger charge is -2.33. The number of amides is 2. The summed E-state index contributed by atoms with van der Waals surface area (Å²) in [5.41, 5.74) is 1.40. The summed E-state index contributed by atoms with van der Waals surface area (Å²) in [5, 5.41) is 6.50. The number of hydrogen-bond donors (Lipinski definition) is 0. The molecule has 0 bridgehead atoms. The molecule has 1 aliphatic rings. The summed E-state index contributed by atoms with van der Waals surface area (Å²) in [6.07, 6.45) is -1.17. The van der Waals surface area contributed by atoms with Crippen LogP contribution in [-0.2, 0) is 22.3 Å². The van der Waals surface area contributed by atoms with Gasteiger partial charge in [0.05, 0.1) is 19.3 Å². The zero-order valence-corrected chi connectivity index (χ0v) is 20.6. The largest absolute Gasteiger partial charge is 0.470 e. The molecular formula is C25H22F4N6O4. The Morgan fingerprint density at radius 1 is 1.15 bits per heavy atom. The molecule has 39 heavy (non-hydrogen) atoms. The van der Waals surface area contributed by atoms with Gasteiger partial charge in [-0.2, -0.15) is 13.2 Å². The maximum Gasteiger partial charge on any atom is 0.470 e. The van der Waals surface area contributed by atoms with Gasteiger partial charge in [0, 0.05) is 42.7 Å². The number of methoxy groups -OCH3 is 1. The smallest absolute Gasteiger partial charge is 0.453 e. The van der Waals surface area contributed by atoms with Crippen molar-refractivity contribution in [3.63, 3.8) is 0 Å². The van der Waals surface area contributed by atoms with E-state index in [0.29, 0.717) is 43.0 Å². The van der Waals surface area contributed by atoms with Crippen molar-refractivity contribution in [1.29, 1.82) is 0 Å². The zero-order chi connectivity index (χ0) is 27.7. The third-order valence-electron chi connectivity index (χ3n) is 6.41. The van der Waals surface area contributed by atoms with Crippen LogP contribution in [0.3, 0.4) is 0 Å². The van der Waals surface area contributed by atoms with Gasteiger partial charge in [-0.25, -0.2) is 14.2 Å². The van der Waals surface area contributed by atoms with Crippen LogP contribution in [0.1, 0.15) is 24.4 Å². The predicted molar refractivity (Wildman–Crippen MR) is 128 cm³/mol. The number of carbonyl (C=O) groups is 2. The number of halogens is 4. The van der Waals surface area contributed by atoms with E-state index in [1.807, 2.05) is 0 Å². The number of likely N-dealkylation sites (tertiary alicyclic amines) is 1. The number of hydrogen-bond acceptors (Lipinski definition) is 7. The SMILES string of the molecule is COC(=O)N1CCC(C(=O)N(Cc2cn3ccc(-c4nnc(C(F)(F)F)o4)cc3n2)c2cccc(F)c2)CC1. The first kappa shape index (κ1) is 26.1. The molecule has 4 aromatic rings. The monoisotopic (exact) mass is 546 g/mol. The Morgan fingerprint density at radius 3 is 2.59 bits per heavy atom. The minimum Gasteiger partial charge on any atom is -0.453 e. The first-order valence-corrected chi connectivity index (χ1v) is 11.9. The topological polar surface area (TPSA) is 106 Å². The lowest BCUT2D eigenvalue weighted by atomic mass is 9.95. The molecule has 1 saturated heterocycles. The second kappa shape index (κ2) is 10.3. The molecule has 5 rings (SSSR count). The van der Waals surface area contributed by atoms with Crippen molar-refractivity contribution >= 4 is 23.3 Å². The molecule has 4 heterocycles. The molecule has 0 unspecified atom stereocenters. The predicted octanol–water partition coefficient (Wildman–Crippen LogP) is 4.55. The van der Waals surface area contributed by atoms with Gasteiger partial charge in [0.2, 0.25) is 11.8 Å². The van der Waals surface area contributed by atoms with E-state index in [2.05, 4.69) is 15.2 Å². The van der Waals surface area contributed by atoms with Crippen LogP contribution in [0.15, 0.2) is 53.2 Å². The molecule has 2 amide bonds. The standard InChI is InChI=1S/C25H22F4N6O4/c1-38-24(37)33-8-5-15(6-9-33)22(36)35(19-4-2-3-17(26)12-19)14-18-13-34-10-7-16(11-20(34)30-18)21-31-32-23(39-21)25(27,28)29/h2-4,7,10-13,15H,5-6,8-9,14H2,1H3. The first-order valence-electron chi connectivity index (χ1n) is 11.9. The van der Waals surface area contributed by atoms with Crippen LogP contribution in [0, 0.1) is 11.7 Å². The van der Waals surface area contributed by atoms with E-state index >= 15 is 0 Å². The zero-order valence-electron chi connectivity index (χ0n) is 20.6. The molecule has 0 saturated carbocycles. The number of piperidine rings is 1. The van der Waals surface area contributed by atoms with Crippen molar-refractivity contribution in [3.8, 4) is 11.5 Å². The molecule has 1 aromatic carbocycles. The third kappa shape index (κ3) is 5.54. The van der Waals surface area contributed by atoms with Crippen LogP contribution in [-0.4, -0.2) is 56.7 Å². The molecule has 0 aliphatic carbocycles. The number of fused-ring (bicyclic) bond motifs is 1. The Balaban J connectivity index is 1.40. The van der Waals surface area contributed by atoms with Crippen molar-refractivity contribution in [1.82, 2.24) is 24.5 Å². The normalized spacial score (nSPS) is 14.5. The number of nitrogens with zero attached hydrogens (tertiary/aromatic N) is 6. The summed E-state index contributed by atoms with van der Waals surface area (Å²) in [7, 11) is 1.30. The van der Waals surface area contributed by atoms with Gasteiger partial charge in [0.15, 0.2) is 0 Å². The molecule has 3 aromatic heterocycles. The van der Waals surface area contributed by atoms with Crippen LogP contribution in [0.5, 0.6) is 0 Å². The van der Waals surface area contributed by atoms with Crippen LogP contribution in [0.4, 0.5) is 28.0 Å². The number of pyridine rings is 1. The van der Waals surface area contributed by atoms with Crippen molar-refractivity contribution in [2.75, 3.05) is 25.1 Å². The number of aromatic nitrogens is 4. The van der Waals surface area contributed by atoms with E-state index in [0.717, 1.165) is 0 Å². The number of benzene rings is 1. The molecule has 0 radical (unpaired) electrons. The van der Waals surface area contributed by atoms with Gasteiger partial charge in [0.25, 0.3) is 0 Å². The molecule has 0 atom stereocenters. The van der Waals surface area contributed by atoms with E-state index in [1.54, 1.807) is 22.9 Å². The Labute approximate surface area is 218 Å². The van der Waals surface area contributed by atoms with E-state index in [1.165, 1.54) is 47.2 Å². The Kier molecular flexibility index (Phi) is 6.93. The Bertz CT molecular complexity index is 1510. The van der Waals surface area contributed by atoms with Crippen LogP contribution < -0.4 is 4.90 Å². The highest BCUT2D eigenvalue weighted by atomic mass is 19.4. The third-order valence-corrected chi connectivity index (χ3v) is 6.41. The molecule has 1 fully saturated rings. The summed E-state index contributed by atoms with van der Waals surface area (Å²) in [5.74, 6) is -2.93. The quantitative estimate of drug-likeness (QED) is 0.338. The summed E-state index contributed by atoms with van der Waals surface area (Å²) in [4.78, 5) is 32.9. The summed E-state index contributed by atoms with van der Waals surface area (Å²) in [6.45, 7) is 0.709. The van der Waals surface area contributed by atoms with Crippen molar-refractivity contribution < 1.29 is 36.3 Å². The lowest BCUT2D eigenvalue weighted by Crippen LogP contribution is -2.44. The molecule has 204 valence electrons. The second-order valence-electron chi connectivity index (χ2n) is 8.96. The summed E-state index contributed by atoms with van der Waals surface area (Å²) in [6, 6.07) is 8.62. The maximum absolute atomic E-state index is 14.1. The number of imidazole rings is 1. The highest BCUT2D eigenvalue weighted by Crippen LogP contribution is 2.31. The van der Waals surface area contributed by atoms with Gasteiger partial charge >= 0.3 is 18.2 Å². The molecule has 1 aliphatic heterocycles. The Morgan fingerprint density at radius 2 is 1.92 bits per heavy atom. The number of carbonyl (C=O) groups excluding carboxylic acids is 2. The fourth-order valence-corrected chi connectivity index (χ4v) is 4.46. The minimum atomic E-state index is -4.77. The van der Waals surface area contributed by atoms with Crippen molar-refractivity contribution in [3.05, 3.63) is 66.2 Å². The molecule has 14 heteroatoms. The van der Waals surface area contributed by atoms with Gasteiger partial charge < -0.3 is 23.4 Å². The Hall–Kier alpha value is -4.49. The van der Waals surface area contributed by atoms with Crippen LogP contribution in [0.25, 0.3) is 17.1 Å². The molecule has 0 spiro atoms. The van der Waals surface area contributed by atoms with E-state index < -0.39 is 29.9 Å². The van der Waals surface area contributed by atoms with Gasteiger partial charge in [-0.15, -0.1) is 10.2 Å². The molecular weight excluding hydrogens is 524 g/mol. The lowest BCUT2D eigenvalue weighted by molar-refractivity contribution is -0.157. The van der Waals surface area contributed by atoms with Crippen molar-refractivity contribution in [2.24, 2.45) is 5.92 Å². The summed E-state index contributed by atoms with van der Waals surface area (Å²) >= 11 is 0. The minimum absolute atomic E-state index is 0.00922. The highest BCUT2D eigenvalue weighted by molar-refractivity contribution is 5.95. The van der Waals surface area contributed by atoms with Gasteiger partial charge in [0.1, 0.15) is 11.5 Å². The van der Waals surface area contributed by atoms with Crippen LogP contribution >= 0.6 is 0 Å². The van der Waals surface area contributed by atoms with Gasteiger partial charge in [-0.05, 0) is 43.2 Å². The summed E-state index contributed by atoms with van der Waals surface area (Å²) < 4.78 is 63.7. The average Bonchev–Trinajstić information content (AvgIpc) is 3.58.